The highest BCUT2D eigenvalue weighted by Gasteiger charge is 2.19. The van der Waals surface area contributed by atoms with E-state index in [4.69, 9.17) is 10.5 Å². The lowest BCUT2D eigenvalue weighted by Gasteiger charge is -2.12. The Morgan fingerprint density at radius 3 is 2.59 bits per heavy atom. The lowest BCUT2D eigenvalue weighted by Crippen LogP contribution is -2.32. The molecule has 0 aliphatic rings. The Bertz CT molecular complexity index is 450. The molecule has 7 heteroatoms. The Balaban J connectivity index is 2.79. The highest BCUT2D eigenvalue weighted by atomic mass is 16.2. The molecule has 1 aromatic heterocycles. The number of hydrogen-bond donors (Lipinski definition) is 1. The van der Waals surface area contributed by atoms with E-state index in [-0.39, 0.29) is 18.9 Å². The maximum Gasteiger partial charge on any atom is 0.295 e. The van der Waals surface area contributed by atoms with Crippen molar-refractivity contribution in [2.24, 2.45) is 0 Å². The van der Waals surface area contributed by atoms with Crippen LogP contribution in [-0.4, -0.2) is 39.1 Å². The zero-order valence-electron chi connectivity index (χ0n) is 9.47. The molecule has 0 atom stereocenters. The SMILES string of the molecule is CCCc1nc(C(=O)N(CC#N)CC#N)n[nH]1. The molecule has 17 heavy (non-hydrogen) atoms. The first-order valence-electron chi connectivity index (χ1n) is 5.17. The van der Waals surface area contributed by atoms with Crippen molar-refractivity contribution in [1.29, 1.82) is 10.5 Å². The molecule has 0 aliphatic heterocycles. The van der Waals surface area contributed by atoms with E-state index in [0.29, 0.717) is 12.2 Å². The first-order chi connectivity index (χ1) is 8.22. The Morgan fingerprint density at radius 1 is 1.41 bits per heavy atom. The number of H-pyrrole nitrogens is 1. The van der Waals surface area contributed by atoms with Crippen LogP contribution in [0.25, 0.3) is 0 Å². The number of nitrogens with zero attached hydrogens (tertiary/aromatic N) is 5. The lowest BCUT2D eigenvalue weighted by atomic mass is 10.3. The molecule has 1 amide bonds. The van der Waals surface area contributed by atoms with Crippen molar-refractivity contribution in [3.05, 3.63) is 11.6 Å². The van der Waals surface area contributed by atoms with Crippen LogP contribution in [0.5, 0.6) is 0 Å². The summed E-state index contributed by atoms with van der Waals surface area (Å²) >= 11 is 0. The highest BCUT2D eigenvalue weighted by Crippen LogP contribution is 2.01. The molecule has 0 fully saturated rings. The molecular formula is C10H12N6O. The van der Waals surface area contributed by atoms with Gasteiger partial charge in [-0.15, -0.1) is 5.10 Å². The summed E-state index contributed by atoms with van der Waals surface area (Å²) < 4.78 is 0. The maximum atomic E-state index is 11.8. The first kappa shape index (κ1) is 12.7. The van der Waals surface area contributed by atoms with Crippen LogP contribution in [0, 0.1) is 22.7 Å². The first-order valence-corrected chi connectivity index (χ1v) is 5.17. The van der Waals surface area contributed by atoms with Gasteiger partial charge in [-0.2, -0.15) is 10.5 Å². The van der Waals surface area contributed by atoms with Crippen LogP contribution in [0.3, 0.4) is 0 Å². The predicted octanol–water partition coefficient (Wildman–Crippen LogP) is 0.247. The van der Waals surface area contributed by atoms with Crippen LogP contribution in [-0.2, 0) is 6.42 Å². The second-order valence-electron chi connectivity index (χ2n) is 3.33. The van der Waals surface area contributed by atoms with Gasteiger partial charge >= 0.3 is 0 Å². The van der Waals surface area contributed by atoms with Crippen LogP contribution in [0.15, 0.2) is 0 Å². The van der Waals surface area contributed by atoms with Gasteiger partial charge in [-0.05, 0) is 6.42 Å². The minimum atomic E-state index is -0.508. The summed E-state index contributed by atoms with van der Waals surface area (Å²) in [6.07, 6.45) is 1.60. The number of hydrogen-bond acceptors (Lipinski definition) is 5. The molecule has 1 N–H and O–H groups in total. The molecule has 0 aliphatic carbocycles. The molecule has 0 spiro atoms. The van der Waals surface area contributed by atoms with Gasteiger partial charge in [0.2, 0.25) is 5.82 Å². The molecule has 0 bridgehead atoms. The minimum absolute atomic E-state index is 0.000972. The minimum Gasteiger partial charge on any atom is -0.309 e. The molecule has 1 aromatic rings. The van der Waals surface area contributed by atoms with Crippen LogP contribution in [0.2, 0.25) is 0 Å². The third-order valence-corrected chi connectivity index (χ3v) is 2.02. The average Bonchev–Trinajstić information content (AvgIpc) is 2.77. The van der Waals surface area contributed by atoms with Gasteiger partial charge < -0.3 is 4.90 Å². The normalized spacial score (nSPS) is 9.35. The zero-order chi connectivity index (χ0) is 12.7. The third-order valence-electron chi connectivity index (χ3n) is 2.02. The number of aryl methyl sites for hydroxylation is 1. The molecule has 0 radical (unpaired) electrons. The van der Waals surface area contributed by atoms with E-state index < -0.39 is 5.91 Å². The molecule has 0 unspecified atom stereocenters. The molecule has 88 valence electrons. The second-order valence-corrected chi connectivity index (χ2v) is 3.33. The van der Waals surface area contributed by atoms with Crippen LogP contribution >= 0.6 is 0 Å². The summed E-state index contributed by atoms with van der Waals surface area (Å²) in [5.41, 5.74) is 0. The fraction of sp³-hybridized carbons (Fsp3) is 0.500. The topological polar surface area (TPSA) is 109 Å². The molecular weight excluding hydrogens is 220 g/mol. The number of aromatic amines is 1. The summed E-state index contributed by atoms with van der Waals surface area (Å²) in [4.78, 5) is 16.9. The predicted molar refractivity (Wildman–Crippen MR) is 57.5 cm³/mol. The molecule has 0 saturated carbocycles. The fourth-order valence-corrected chi connectivity index (χ4v) is 1.25. The number of rotatable bonds is 5. The van der Waals surface area contributed by atoms with Gasteiger partial charge in [0.05, 0.1) is 12.1 Å². The summed E-state index contributed by atoms with van der Waals surface area (Å²) in [6, 6.07) is 3.65. The van der Waals surface area contributed by atoms with Gasteiger partial charge in [-0.25, -0.2) is 4.98 Å². The summed E-state index contributed by atoms with van der Waals surface area (Å²) in [5.74, 6) is 0.121. The Morgan fingerprint density at radius 2 is 2.06 bits per heavy atom. The van der Waals surface area contributed by atoms with E-state index >= 15 is 0 Å². The molecule has 0 saturated heterocycles. The molecule has 1 rings (SSSR count). The summed E-state index contributed by atoms with van der Waals surface area (Å²) in [7, 11) is 0. The van der Waals surface area contributed by atoms with Gasteiger partial charge in [0.25, 0.3) is 5.91 Å². The van der Waals surface area contributed by atoms with Gasteiger partial charge in [-0.3, -0.25) is 9.89 Å². The number of nitriles is 2. The van der Waals surface area contributed by atoms with Crippen molar-refractivity contribution < 1.29 is 4.79 Å². The smallest absolute Gasteiger partial charge is 0.295 e. The maximum absolute atomic E-state index is 11.8. The van der Waals surface area contributed by atoms with Crippen LogP contribution in [0.4, 0.5) is 0 Å². The van der Waals surface area contributed by atoms with Gasteiger partial charge in [0.15, 0.2) is 0 Å². The van der Waals surface area contributed by atoms with Crippen molar-refractivity contribution in [3.8, 4) is 12.1 Å². The Kier molecular flexibility index (Phi) is 4.64. The lowest BCUT2D eigenvalue weighted by molar-refractivity contribution is 0.0783. The van der Waals surface area contributed by atoms with E-state index in [2.05, 4.69) is 15.2 Å². The number of amides is 1. The van der Waals surface area contributed by atoms with Crippen LogP contribution < -0.4 is 0 Å². The standard InChI is InChI=1S/C10H12N6O/c1-2-3-8-13-9(15-14-8)10(17)16(6-4-11)7-5-12/h2-3,6-7H2,1H3,(H,13,14,15). The molecule has 1 heterocycles. The highest BCUT2D eigenvalue weighted by molar-refractivity contribution is 5.90. The van der Waals surface area contributed by atoms with Crippen molar-refractivity contribution in [3.63, 3.8) is 0 Å². The van der Waals surface area contributed by atoms with E-state index in [0.717, 1.165) is 11.3 Å². The summed E-state index contributed by atoms with van der Waals surface area (Å²) in [6.45, 7) is 1.69. The van der Waals surface area contributed by atoms with E-state index in [1.807, 2.05) is 19.1 Å². The number of carbonyl (C=O) groups excluding carboxylic acids is 1. The van der Waals surface area contributed by atoms with Crippen LogP contribution in [0.1, 0.15) is 29.8 Å². The van der Waals surface area contributed by atoms with Gasteiger partial charge in [-0.1, -0.05) is 6.92 Å². The van der Waals surface area contributed by atoms with E-state index in [1.165, 1.54) is 0 Å². The zero-order valence-corrected chi connectivity index (χ0v) is 9.47. The van der Waals surface area contributed by atoms with Crippen molar-refractivity contribution in [2.75, 3.05) is 13.1 Å². The Labute approximate surface area is 98.7 Å². The monoisotopic (exact) mass is 232 g/mol. The molecule has 7 nitrogen and oxygen atoms in total. The third kappa shape index (κ3) is 3.28. The second kappa shape index (κ2) is 6.23. The number of nitrogens with one attached hydrogen (secondary N) is 1. The van der Waals surface area contributed by atoms with Gasteiger partial charge in [0, 0.05) is 6.42 Å². The average molecular weight is 232 g/mol. The van der Waals surface area contributed by atoms with Crippen molar-refractivity contribution >= 4 is 5.91 Å². The largest absolute Gasteiger partial charge is 0.309 e. The Hall–Kier alpha value is -2.41. The number of carbonyl (C=O) groups is 1. The van der Waals surface area contributed by atoms with Crippen molar-refractivity contribution in [1.82, 2.24) is 20.1 Å². The quantitative estimate of drug-likeness (QED) is 0.731. The van der Waals surface area contributed by atoms with Crippen molar-refractivity contribution in [2.45, 2.75) is 19.8 Å². The fourth-order valence-electron chi connectivity index (χ4n) is 1.25. The molecule has 0 aromatic carbocycles. The van der Waals surface area contributed by atoms with E-state index in [1.54, 1.807) is 0 Å². The summed E-state index contributed by atoms with van der Waals surface area (Å²) in [5, 5.41) is 23.5. The van der Waals surface area contributed by atoms with E-state index in [9.17, 15) is 4.79 Å². The number of aromatic nitrogens is 3. The van der Waals surface area contributed by atoms with Gasteiger partial charge in [0.1, 0.15) is 18.9 Å².